The van der Waals surface area contributed by atoms with Gasteiger partial charge in [0.15, 0.2) is 0 Å². The van der Waals surface area contributed by atoms with E-state index in [1.165, 1.54) is 13.0 Å². The summed E-state index contributed by atoms with van der Waals surface area (Å²) in [5.74, 6) is -0.634. The summed E-state index contributed by atoms with van der Waals surface area (Å²) in [7, 11) is 0. The van der Waals surface area contributed by atoms with Crippen molar-refractivity contribution in [1.82, 2.24) is 0 Å². The molecule has 1 fully saturated rings. The molecule has 0 aliphatic carbocycles. The fraction of sp³-hybridized carbons (Fsp3) is 0.750. The van der Waals surface area contributed by atoms with Gasteiger partial charge in [-0.15, -0.1) is 0 Å². The molecule has 0 spiro atoms. The minimum Gasteiger partial charge on any atom is -0.457 e. The summed E-state index contributed by atoms with van der Waals surface area (Å²) in [5.41, 5.74) is -1.88. The molecule has 2 aliphatic rings. The minimum absolute atomic E-state index is 0.113. The van der Waals surface area contributed by atoms with Crippen LogP contribution in [-0.2, 0) is 14.3 Å². The van der Waals surface area contributed by atoms with Crippen LogP contribution in [0.1, 0.15) is 73.6 Å². The Hall–Kier alpha value is -1.55. The monoisotopic (exact) mass is 510 g/mol. The van der Waals surface area contributed by atoms with Crippen molar-refractivity contribution in [2.24, 2.45) is 11.8 Å². The molecule has 0 radical (unpaired) electrons. The maximum atomic E-state index is 12.5. The number of rotatable bonds is 8. The van der Waals surface area contributed by atoms with Gasteiger partial charge in [0.2, 0.25) is 0 Å². The summed E-state index contributed by atoms with van der Waals surface area (Å²) < 4.78 is 11.3. The van der Waals surface area contributed by atoms with Crippen molar-refractivity contribution in [3.05, 3.63) is 36.0 Å². The Morgan fingerprint density at radius 1 is 1.33 bits per heavy atom. The van der Waals surface area contributed by atoms with Gasteiger partial charge in [-0.1, -0.05) is 51.2 Å². The molecule has 10 atom stereocenters. The van der Waals surface area contributed by atoms with Crippen LogP contribution in [0.2, 0.25) is 0 Å². The van der Waals surface area contributed by atoms with E-state index in [4.69, 9.17) is 9.47 Å². The number of aliphatic hydroxyl groups is 5. The van der Waals surface area contributed by atoms with Crippen molar-refractivity contribution in [2.45, 2.75) is 121 Å². The van der Waals surface area contributed by atoms with Gasteiger partial charge in [-0.2, -0.15) is 0 Å². The number of hydrogen-bond acceptors (Lipinski definition) is 8. The lowest BCUT2D eigenvalue weighted by Crippen LogP contribution is -2.45. The second-order valence-corrected chi connectivity index (χ2v) is 11.1. The zero-order chi connectivity index (χ0) is 27.3. The van der Waals surface area contributed by atoms with Crippen molar-refractivity contribution in [1.29, 1.82) is 0 Å². The van der Waals surface area contributed by atoms with E-state index in [-0.39, 0.29) is 43.3 Å². The summed E-state index contributed by atoms with van der Waals surface area (Å²) in [6, 6.07) is 0. The van der Waals surface area contributed by atoms with Gasteiger partial charge in [0.25, 0.3) is 0 Å². The molecule has 0 aromatic carbocycles. The average Bonchev–Trinajstić information content (AvgIpc) is 3.57. The fourth-order valence-electron chi connectivity index (χ4n) is 4.67. The summed E-state index contributed by atoms with van der Waals surface area (Å²) in [6.45, 7) is 10.7. The van der Waals surface area contributed by atoms with Gasteiger partial charge in [-0.05, 0) is 57.9 Å². The third-order valence-corrected chi connectivity index (χ3v) is 7.43. The molecular formula is C28H46O8. The quantitative estimate of drug-likeness (QED) is 0.145. The van der Waals surface area contributed by atoms with E-state index in [2.05, 4.69) is 0 Å². The Bertz CT molecular complexity index is 814. The maximum absolute atomic E-state index is 12.5. The topological polar surface area (TPSA) is 140 Å². The number of esters is 1. The summed E-state index contributed by atoms with van der Waals surface area (Å²) in [6.07, 6.45) is 6.32. The van der Waals surface area contributed by atoms with E-state index >= 15 is 0 Å². The van der Waals surface area contributed by atoms with Gasteiger partial charge >= 0.3 is 5.97 Å². The SMILES string of the molecule is CCC(O)C(C)(O)C1OC1CC(C)/C=C/C=C(\C)C1OC(=O)CC(O)CCC(C)(O)C(O)C=CC1C. The minimum atomic E-state index is -1.41. The number of allylic oxidation sites excluding steroid dienone is 3. The highest BCUT2D eigenvalue weighted by molar-refractivity contribution is 5.70. The van der Waals surface area contributed by atoms with Crippen LogP contribution in [0.25, 0.3) is 0 Å². The normalized spacial score (nSPS) is 38.0. The van der Waals surface area contributed by atoms with Crippen molar-refractivity contribution in [3.8, 4) is 0 Å². The predicted octanol–water partition coefficient (Wildman–Crippen LogP) is 2.57. The summed E-state index contributed by atoms with van der Waals surface area (Å²) in [5, 5.41) is 51.7. The molecule has 0 saturated carbocycles. The lowest BCUT2D eigenvalue weighted by Gasteiger charge is -2.30. The standard InChI is InChI=1S/C28H46O8/c1-7-22(30)28(6,34)26-21(35-26)15-17(2)9-8-10-18(3)25-19(4)11-12-23(31)27(5,33)14-13-20(29)16-24(32)36-25/h8-12,17,19-23,25-26,29-31,33-34H,7,13-16H2,1-6H3/b9-8+,12-11?,18-10+. The Balaban J connectivity index is 2.06. The molecule has 36 heavy (non-hydrogen) atoms. The molecular weight excluding hydrogens is 464 g/mol. The molecule has 0 amide bonds. The Labute approximate surface area is 215 Å². The van der Waals surface area contributed by atoms with Crippen LogP contribution in [0.5, 0.6) is 0 Å². The Morgan fingerprint density at radius 3 is 2.64 bits per heavy atom. The van der Waals surface area contributed by atoms with Crippen molar-refractivity contribution in [2.75, 3.05) is 0 Å². The molecule has 0 aromatic heterocycles. The van der Waals surface area contributed by atoms with Crippen LogP contribution in [0.4, 0.5) is 0 Å². The van der Waals surface area contributed by atoms with E-state index in [1.807, 2.05) is 45.9 Å². The van der Waals surface area contributed by atoms with E-state index < -0.39 is 41.6 Å². The first kappa shape index (κ1) is 30.7. The van der Waals surface area contributed by atoms with E-state index in [1.54, 1.807) is 13.0 Å². The van der Waals surface area contributed by atoms with Gasteiger partial charge < -0.3 is 35.0 Å². The second-order valence-electron chi connectivity index (χ2n) is 11.1. The van der Waals surface area contributed by atoms with Gasteiger partial charge in [0.1, 0.15) is 23.9 Å². The van der Waals surface area contributed by atoms with E-state index in [9.17, 15) is 30.3 Å². The van der Waals surface area contributed by atoms with Crippen molar-refractivity contribution in [3.63, 3.8) is 0 Å². The first-order valence-electron chi connectivity index (χ1n) is 13.1. The van der Waals surface area contributed by atoms with Gasteiger partial charge in [0, 0.05) is 5.92 Å². The fourth-order valence-corrected chi connectivity index (χ4v) is 4.67. The van der Waals surface area contributed by atoms with Crippen molar-refractivity contribution < 1.29 is 39.8 Å². The third kappa shape index (κ3) is 8.50. The molecule has 10 unspecified atom stereocenters. The highest BCUT2D eigenvalue weighted by Crippen LogP contribution is 2.39. The summed E-state index contributed by atoms with van der Waals surface area (Å²) in [4.78, 5) is 12.5. The highest BCUT2D eigenvalue weighted by atomic mass is 16.6. The second kappa shape index (κ2) is 12.8. The zero-order valence-corrected chi connectivity index (χ0v) is 22.5. The first-order chi connectivity index (χ1) is 16.7. The van der Waals surface area contributed by atoms with Crippen LogP contribution >= 0.6 is 0 Å². The number of carbonyl (C=O) groups excluding carboxylic acids is 1. The summed E-state index contributed by atoms with van der Waals surface area (Å²) >= 11 is 0. The molecule has 2 aliphatic heterocycles. The van der Waals surface area contributed by atoms with Gasteiger partial charge in [0.05, 0.1) is 30.3 Å². The highest BCUT2D eigenvalue weighted by Gasteiger charge is 2.54. The van der Waals surface area contributed by atoms with Crippen LogP contribution < -0.4 is 0 Å². The Kier molecular flexibility index (Phi) is 10.9. The average molecular weight is 511 g/mol. The molecule has 8 heteroatoms. The molecule has 5 N–H and O–H groups in total. The maximum Gasteiger partial charge on any atom is 0.309 e. The Morgan fingerprint density at radius 2 is 2.00 bits per heavy atom. The number of epoxide rings is 1. The number of cyclic esters (lactones) is 1. The van der Waals surface area contributed by atoms with E-state index in [0.717, 1.165) is 5.57 Å². The molecule has 2 heterocycles. The molecule has 206 valence electrons. The molecule has 1 saturated heterocycles. The number of ether oxygens (including phenoxy) is 2. The number of aliphatic hydroxyl groups excluding tert-OH is 3. The van der Waals surface area contributed by atoms with Crippen LogP contribution in [0, 0.1) is 11.8 Å². The molecule has 2 rings (SSSR count). The van der Waals surface area contributed by atoms with Crippen LogP contribution in [0.15, 0.2) is 36.0 Å². The lowest BCUT2D eigenvalue weighted by atomic mass is 9.89. The van der Waals surface area contributed by atoms with Crippen molar-refractivity contribution >= 4 is 5.97 Å². The number of hydrogen-bond donors (Lipinski definition) is 5. The molecule has 0 bridgehead atoms. The molecule has 0 aromatic rings. The van der Waals surface area contributed by atoms with Crippen LogP contribution in [0.3, 0.4) is 0 Å². The largest absolute Gasteiger partial charge is 0.457 e. The first-order valence-corrected chi connectivity index (χ1v) is 13.1. The predicted molar refractivity (Wildman–Crippen MR) is 137 cm³/mol. The zero-order valence-electron chi connectivity index (χ0n) is 22.5. The lowest BCUT2D eigenvalue weighted by molar-refractivity contribution is -0.151. The van der Waals surface area contributed by atoms with Gasteiger partial charge in [-0.3, -0.25) is 4.79 Å². The molecule has 8 nitrogen and oxygen atoms in total. The van der Waals surface area contributed by atoms with Gasteiger partial charge in [-0.25, -0.2) is 0 Å². The third-order valence-electron chi connectivity index (χ3n) is 7.43. The van der Waals surface area contributed by atoms with E-state index in [0.29, 0.717) is 12.8 Å². The smallest absolute Gasteiger partial charge is 0.309 e. The number of carbonyl (C=O) groups is 1. The van der Waals surface area contributed by atoms with Crippen LogP contribution in [-0.4, -0.2) is 79.3 Å².